The molecular weight excluding hydrogens is 452 g/mol. The molecule has 0 fully saturated rings. The van der Waals surface area contributed by atoms with Crippen LogP contribution in [0.4, 0.5) is 0 Å². The van der Waals surface area contributed by atoms with Crippen molar-refractivity contribution in [2.75, 3.05) is 13.1 Å². The summed E-state index contributed by atoms with van der Waals surface area (Å²) in [4.78, 5) is 49.6. The van der Waals surface area contributed by atoms with Gasteiger partial charge in [0.05, 0.1) is 6.04 Å². The summed E-state index contributed by atoms with van der Waals surface area (Å²) in [5.74, 6) is -2.84. The molecule has 0 bridgehead atoms. The fourth-order valence-electron chi connectivity index (χ4n) is 3.40. The molecule has 35 heavy (non-hydrogen) atoms. The molecule has 1 aromatic rings. The van der Waals surface area contributed by atoms with Crippen LogP contribution in [-0.2, 0) is 25.6 Å². The Bertz CT molecular complexity index is 807. The lowest BCUT2D eigenvalue weighted by atomic mass is 10.0. The summed E-state index contributed by atoms with van der Waals surface area (Å²) >= 11 is 0. The van der Waals surface area contributed by atoms with Crippen LogP contribution in [-0.4, -0.2) is 66.1 Å². The molecule has 11 heteroatoms. The van der Waals surface area contributed by atoms with Crippen molar-refractivity contribution in [1.29, 1.82) is 0 Å². The van der Waals surface area contributed by atoms with E-state index in [0.717, 1.165) is 12.0 Å². The average Bonchev–Trinajstić information content (AvgIpc) is 2.83. The normalized spacial score (nSPS) is 14.3. The summed E-state index contributed by atoms with van der Waals surface area (Å²) in [6, 6.07) is 5.24. The van der Waals surface area contributed by atoms with E-state index in [4.69, 9.17) is 17.2 Å². The zero-order valence-electron chi connectivity index (χ0n) is 20.4. The number of carbonyl (C=O) groups is 4. The molecule has 0 saturated carbocycles. The van der Waals surface area contributed by atoms with Gasteiger partial charge in [-0.2, -0.15) is 0 Å². The van der Waals surface area contributed by atoms with Crippen molar-refractivity contribution in [2.24, 2.45) is 17.2 Å². The highest BCUT2D eigenvalue weighted by Crippen LogP contribution is 2.06. The van der Waals surface area contributed by atoms with Gasteiger partial charge in [0, 0.05) is 6.42 Å². The highest BCUT2D eigenvalue weighted by molar-refractivity contribution is 5.94. The number of benzene rings is 1. The van der Waals surface area contributed by atoms with E-state index in [-0.39, 0.29) is 12.8 Å². The number of unbranched alkanes of at least 4 members (excludes halogenated alkanes) is 2. The zero-order chi connectivity index (χ0) is 26.2. The third-order valence-electron chi connectivity index (χ3n) is 5.54. The topological polar surface area (TPSA) is 203 Å². The van der Waals surface area contributed by atoms with Gasteiger partial charge in [-0.1, -0.05) is 36.8 Å². The minimum atomic E-state index is -1.16. The van der Waals surface area contributed by atoms with Gasteiger partial charge in [0.2, 0.25) is 17.7 Å². The highest BCUT2D eigenvalue weighted by Gasteiger charge is 2.28. The Morgan fingerprint density at radius 3 is 1.94 bits per heavy atom. The predicted molar refractivity (Wildman–Crippen MR) is 133 cm³/mol. The summed E-state index contributed by atoms with van der Waals surface area (Å²) < 4.78 is 0. The maximum Gasteiger partial charge on any atom is 0.326 e. The van der Waals surface area contributed by atoms with Gasteiger partial charge in [-0.25, -0.2) is 4.79 Å². The van der Waals surface area contributed by atoms with E-state index in [0.29, 0.717) is 38.8 Å². The first-order valence-corrected chi connectivity index (χ1v) is 12.0. The Kier molecular flexibility index (Phi) is 14.2. The first-order chi connectivity index (χ1) is 16.7. The predicted octanol–water partition coefficient (Wildman–Crippen LogP) is -0.627. The van der Waals surface area contributed by atoms with Crippen molar-refractivity contribution in [1.82, 2.24) is 16.0 Å². The van der Waals surface area contributed by atoms with Crippen molar-refractivity contribution >= 4 is 23.7 Å². The van der Waals surface area contributed by atoms with Crippen LogP contribution in [0.3, 0.4) is 0 Å². The lowest BCUT2D eigenvalue weighted by Crippen LogP contribution is -2.56. The van der Waals surface area contributed by atoms with E-state index in [1.54, 1.807) is 0 Å². The molecule has 1 aromatic carbocycles. The van der Waals surface area contributed by atoms with E-state index in [1.165, 1.54) is 6.92 Å². The maximum atomic E-state index is 13.0. The molecule has 0 heterocycles. The Morgan fingerprint density at radius 1 is 0.800 bits per heavy atom. The second-order valence-corrected chi connectivity index (χ2v) is 8.56. The quantitative estimate of drug-likeness (QED) is 0.139. The Hall–Kier alpha value is -3.02. The number of nitrogens with one attached hydrogen (secondary N) is 3. The molecule has 1 rings (SSSR count). The molecule has 0 spiro atoms. The van der Waals surface area contributed by atoms with Crippen LogP contribution in [0.5, 0.6) is 0 Å². The molecule has 11 nitrogen and oxygen atoms in total. The summed E-state index contributed by atoms with van der Waals surface area (Å²) in [7, 11) is 0. The van der Waals surface area contributed by atoms with Crippen molar-refractivity contribution in [2.45, 2.75) is 76.0 Å². The second-order valence-electron chi connectivity index (χ2n) is 8.56. The fraction of sp³-hybridized carbons (Fsp3) is 0.583. The summed E-state index contributed by atoms with van der Waals surface area (Å²) in [5.41, 5.74) is 17.7. The second kappa shape index (κ2) is 16.6. The van der Waals surface area contributed by atoms with Gasteiger partial charge >= 0.3 is 5.97 Å². The molecule has 0 aliphatic heterocycles. The summed E-state index contributed by atoms with van der Waals surface area (Å²) in [5, 5.41) is 17.1. The Labute approximate surface area is 206 Å². The number of carboxylic acids is 1. The number of amides is 3. The van der Waals surface area contributed by atoms with Crippen LogP contribution in [0.1, 0.15) is 51.0 Å². The lowest BCUT2D eigenvalue weighted by molar-refractivity contribution is -0.142. The summed E-state index contributed by atoms with van der Waals surface area (Å²) in [6.07, 6.45) is 3.47. The first kappa shape index (κ1) is 30.0. The number of nitrogens with two attached hydrogens (primary N) is 3. The van der Waals surface area contributed by atoms with Gasteiger partial charge in [0.1, 0.15) is 18.1 Å². The number of hydrogen-bond acceptors (Lipinski definition) is 7. The standard InChI is InChI=1S/C24H40N6O5/c1-16(21(31)29-19(24(34)35)12-6-8-14-26)28-23(33)20(15-17-9-3-2-4-10-17)30-22(32)18(27)11-5-7-13-25/h2-4,9-10,16,18-20H,5-8,11-15,25-27H2,1H3,(H,28,33)(H,29,31)(H,30,32)(H,34,35). The number of aliphatic carboxylic acids is 1. The fourth-order valence-corrected chi connectivity index (χ4v) is 3.40. The van der Waals surface area contributed by atoms with E-state index in [2.05, 4.69) is 16.0 Å². The van der Waals surface area contributed by atoms with Gasteiger partial charge < -0.3 is 38.3 Å². The summed E-state index contributed by atoms with van der Waals surface area (Å²) in [6.45, 7) is 2.38. The highest BCUT2D eigenvalue weighted by atomic mass is 16.4. The van der Waals surface area contributed by atoms with Gasteiger partial charge in [-0.3, -0.25) is 14.4 Å². The molecule has 196 valence electrons. The Balaban J connectivity index is 2.82. The Morgan fingerprint density at radius 2 is 1.37 bits per heavy atom. The van der Waals surface area contributed by atoms with E-state index < -0.39 is 47.9 Å². The third kappa shape index (κ3) is 11.8. The van der Waals surface area contributed by atoms with Crippen molar-refractivity contribution in [3.05, 3.63) is 35.9 Å². The molecule has 0 aromatic heterocycles. The number of carbonyl (C=O) groups excluding carboxylic acids is 3. The molecule has 0 aliphatic carbocycles. The molecule has 0 radical (unpaired) electrons. The SMILES string of the molecule is CC(NC(=O)C(Cc1ccccc1)NC(=O)C(N)CCCCN)C(=O)NC(CCCCN)C(=O)O. The van der Waals surface area contributed by atoms with Gasteiger partial charge in [-0.05, 0) is 57.7 Å². The molecule has 0 aliphatic rings. The van der Waals surface area contributed by atoms with Crippen molar-refractivity contribution < 1.29 is 24.3 Å². The molecular formula is C24H40N6O5. The van der Waals surface area contributed by atoms with Crippen LogP contribution < -0.4 is 33.2 Å². The molecule has 10 N–H and O–H groups in total. The zero-order valence-corrected chi connectivity index (χ0v) is 20.4. The van der Waals surface area contributed by atoms with Gasteiger partial charge in [-0.15, -0.1) is 0 Å². The minimum Gasteiger partial charge on any atom is -0.480 e. The van der Waals surface area contributed by atoms with Crippen molar-refractivity contribution in [3.8, 4) is 0 Å². The van der Waals surface area contributed by atoms with Crippen LogP contribution in [0.15, 0.2) is 30.3 Å². The number of rotatable bonds is 17. The molecule has 4 atom stereocenters. The first-order valence-electron chi connectivity index (χ1n) is 12.0. The molecule has 4 unspecified atom stereocenters. The molecule has 0 saturated heterocycles. The van der Waals surface area contributed by atoms with E-state index >= 15 is 0 Å². The molecule has 3 amide bonds. The third-order valence-corrected chi connectivity index (χ3v) is 5.54. The largest absolute Gasteiger partial charge is 0.480 e. The number of carboxylic acid groups (broad SMARTS) is 1. The van der Waals surface area contributed by atoms with E-state index in [1.807, 2.05) is 30.3 Å². The smallest absolute Gasteiger partial charge is 0.326 e. The van der Waals surface area contributed by atoms with Gasteiger partial charge in [0.15, 0.2) is 0 Å². The number of hydrogen-bond donors (Lipinski definition) is 7. The minimum absolute atomic E-state index is 0.194. The average molecular weight is 493 g/mol. The van der Waals surface area contributed by atoms with Crippen LogP contribution >= 0.6 is 0 Å². The van der Waals surface area contributed by atoms with Gasteiger partial charge in [0.25, 0.3) is 0 Å². The monoisotopic (exact) mass is 492 g/mol. The van der Waals surface area contributed by atoms with Crippen LogP contribution in [0, 0.1) is 0 Å². The van der Waals surface area contributed by atoms with Crippen molar-refractivity contribution in [3.63, 3.8) is 0 Å². The van der Waals surface area contributed by atoms with E-state index in [9.17, 15) is 24.3 Å². The lowest BCUT2D eigenvalue weighted by Gasteiger charge is -2.24. The van der Waals surface area contributed by atoms with Crippen LogP contribution in [0.25, 0.3) is 0 Å². The van der Waals surface area contributed by atoms with Crippen LogP contribution in [0.2, 0.25) is 0 Å². The maximum absolute atomic E-state index is 13.0.